The molecule has 0 bridgehead atoms. The number of aromatic nitrogens is 2. The minimum absolute atomic E-state index is 0.0368. The van der Waals surface area contributed by atoms with Crippen LogP contribution in [0.15, 0.2) is 4.52 Å². The first-order valence-electron chi connectivity index (χ1n) is 9.14. The normalized spacial score (nSPS) is 21.8. The van der Waals surface area contributed by atoms with E-state index in [-0.39, 0.29) is 24.3 Å². The number of nitrogens with zero attached hydrogens (tertiary/aromatic N) is 5. The standard InChI is InChI=1S/C17H27N5O4/c1-13-18-15(19-26-13)11-20-6-8-21(9-7-20)17(24)14-4-3-5-22(10-14)16(23)12-25-2/h14H,3-12H2,1-2H3/t14-/m0/s1. The average molecular weight is 365 g/mol. The van der Waals surface area contributed by atoms with E-state index in [2.05, 4.69) is 15.0 Å². The van der Waals surface area contributed by atoms with Crippen LogP contribution in [0, 0.1) is 12.8 Å². The molecule has 2 amide bonds. The van der Waals surface area contributed by atoms with Crippen LogP contribution in [-0.4, -0.2) is 89.6 Å². The Hall–Kier alpha value is -2.00. The number of carbonyl (C=O) groups excluding carboxylic acids is 2. The third-order valence-electron chi connectivity index (χ3n) is 5.01. The first-order chi connectivity index (χ1) is 12.6. The van der Waals surface area contributed by atoms with Crippen LogP contribution in [0.25, 0.3) is 0 Å². The Morgan fingerprint density at radius 2 is 1.96 bits per heavy atom. The van der Waals surface area contributed by atoms with Crippen LogP contribution in [0.4, 0.5) is 0 Å². The lowest BCUT2D eigenvalue weighted by Gasteiger charge is -2.38. The molecule has 1 atom stereocenters. The summed E-state index contributed by atoms with van der Waals surface area (Å²) in [4.78, 5) is 35.0. The molecule has 0 radical (unpaired) electrons. The van der Waals surface area contributed by atoms with Gasteiger partial charge in [-0.3, -0.25) is 14.5 Å². The zero-order chi connectivity index (χ0) is 18.5. The van der Waals surface area contributed by atoms with Gasteiger partial charge in [0.05, 0.1) is 12.5 Å². The molecule has 1 aromatic heterocycles. The Morgan fingerprint density at radius 3 is 2.62 bits per heavy atom. The first kappa shape index (κ1) is 18.8. The highest BCUT2D eigenvalue weighted by Crippen LogP contribution is 2.20. The minimum atomic E-state index is -0.101. The van der Waals surface area contributed by atoms with Crippen LogP contribution in [0.5, 0.6) is 0 Å². The van der Waals surface area contributed by atoms with Gasteiger partial charge in [-0.15, -0.1) is 0 Å². The molecule has 1 aromatic rings. The van der Waals surface area contributed by atoms with Crippen molar-refractivity contribution in [2.45, 2.75) is 26.3 Å². The van der Waals surface area contributed by atoms with E-state index in [0.29, 0.717) is 44.4 Å². The monoisotopic (exact) mass is 365 g/mol. The molecule has 2 fully saturated rings. The molecule has 0 aliphatic carbocycles. The maximum absolute atomic E-state index is 12.8. The molecule has 2 saturated heterocycles. The molecule has 2 aliphatic heterocycles. The molecule has 26 heavy (non-hydrogen) atoms. The van der Waals surface area contributed by atoms with Gasteiger partial charge in [-0.2, -0.15) is 4.98 Å². The number of aryl methyl sites for hydroxylation is 1. The van der Waals surface area contributed by atoms with Crippen molar-refractivity contribution in [2.75, 3.05) is 53.0 Å². The quantitative estimate of drug-likeness (QED) is 0.720. The third-order valence-corrected chi connectivity index (χ3v) is 5.01. The van der Waals surface area contributed by atoms with Crippen LogP contribution < -0.4 is 0 Å². The maximum atomic E-state index is 12.8. The summed E-state index contributed by atoms with van der Waals surface area (Å²) in [5.74, 6) is 1.27. The summed E-state index contributed by atoms with van der Waals surface area (Å²) in [7, 11) is 1.51. The summed E-state index contributed by atoms with van der Waals surface area (Å²) in [5.41, 5.74) is 0. The van der Waals surface area contributed by atoms with E-state index >= 15 is 0 Å². The van der Waals surface area contributed by atoms with Gasteiger partial charge in [0.25, 0.3) is 0 Å². The smallest absolute Gasteiger partial charge is 0.248 e. The van der Waals surface area contributed by atoms with Gasteiger partial charge in [0.1, 0.15) is 6.61 Å². The van der Waals surface area contributed by atoms with Gasteiger partial charge in [0, 0.05) is 53.3 Å². The average Bonchev–Trinajstić information content (AvgIpc) is 3.07. The molecule has 0 aromatic carbocycles. The number of piperazine rings is 1. The second-order valence-corrected chi connectivity index (χ2v) is 6.94. The van der Waals surface area contributed by atoms with Gasteiger partial charge in [-0.1, -0.05) is 5.16 Å². The van der Waals surface area contributed by atoms with Crippen molar-refractivity contribution in [3.05, 3.63) is 11.7 Å². The molecule has 3 heterocycles. The number of ether oxygens (including phenoxy) is 1. The lowest BCUT2D eigenvalue weighted by atomic mass is 9.96. The molecule has 0 unspecified atom stereocenters. The van der Waals surface area contributed by atoms with E-state index < -0.39 is 0 Å². The van der Waals surface area contributed by atoms with Crippen molar-refractivity contribution in [1.82, 2.24) is 24.8 Å². The first-order valence-corrected chi connectivity index (χ1v) is 9.14. The molecular weight excluding hydrogens is 338 g/mol. The van der Waals surface area contributed by atoms with Crippen LogP contribution in [0.2, 0.25) is 0 Å². The minimum Gasteiger partial charge on any atom is -0.375 e. The SMILES string of the molecule is COCC(=O)N1CCC[C@H](C(=O)N2CCN(Cc3noc(C)n3)CC2)C1. The van der Waals surface area contributed by atoms with Gasteiger partial charge in [0.2, 0.25) is 17.7 Å². The molecule has 9 nitrogen and oxygen atoms in total. The number of methoxy groups -OCH3 is 1. The molecule has 9 heteroatoms. The van der Waals surface area contributed by atoms with E-state index in [0.717, 1.165) is 25.9 Å². The lowest BCUT2D eigenvalue weighted by Crippen LogP contribution is -2.53. The Balaban J connectivity index is 1.47. The highest BCUT2D eigenvalue weighted by Gasteiger charge is 2.32. The van der Waals surface area contributed by atoms with Crippen molar-refractivity contribution < 1.29 is 18.8 Å². The number of piperidine rings is 1. The third kappa shape index (κ3) is 4.59. The molecule has 0 N–H and O–H groups in total. The molecular formula is C17H27N5O4. The fourth-order valence-electron chi connectivity index (χ4n) is 3.61. The Labute approximate surface area is 153 Å². The number of amides is 2. The van der Waals surface area contributed by atoms with Crippen molar-refractivity contribution in [3.8, 4) is 0 Å². The molecule has 3 rings (SSSR count). The van der Waals surface area contributed by atoms with E-state index in [1.807, 2.05) is 4.90 Å². The Morgan fingerprint density at radius 1 is 1.19 bits per heavy atom. The van der Waals surface area contributed by atoms with Crippen LogP contribution >= 0.6 is 0 Å². The summed E-state index contributed by atoms with van der Waals surface area (Å²) >= 11 is 0. The Bertz CT molecular complexity index is 626. The fraction of sp³-hybridized carbons (Fsp3) is 0.765. The van der Waals surface area contributed by atoms with Gasteiger partial charge < -0.3 is 19.1 Å². The van der Waals surface area contributed by atoms with Gasteiger partial charge in [0.15, 0.2) is 5.82 Å². The van der Waals surface area contributed by atoms with Crippen LogP contribution in [0.1, 0.15) is 24.6 Å². The number of hydrogen-bond acceptors (Lipinski definition) is 7. The Kier molecular flexibility index (Phi) is 6.20. The second-order valence-electron chi connectivity index (χ2n) is 6.94. The number of likely N-dealkylation sites (tertiary alicyclic amines) is 1. The van der Waals surface area contributed by atoms with Crippen molar-refractivity contribution in [1.29, 1.82) is 0 Å². The maximum Gasteiger partial charge on any atom is 0.248 e. The number of hydrogen-bond donors (Lipinski definition) is 0. The summed E-state index contributed by atoms with van der Waals surface area (Å²) in [5, 5.41) is 3.92. The predicted octanol–water partition coefficient (Wildman–Crippen LogP) is -0.0928. The number of rotatable bonds is 5. The molecule has 0 spiro atoms. The van der Waals surface area contributed by atoms with Gasteiger partial charge in [-0.25, -0.2) is 0 Å². The summed E-state index contributed by atoms with van der Waals surface area (Å²) in [6, 6.07) is 0. The summed E-state index contributed by atoms with van der Waals surface area (Å²) in [6.45, 7) is 6.68. The number of carbonyl (C=O) groups is 2. The van der Waals surface area contributed by atoms with E-state index in [9.17, 15) is 9.59 Å². The lowest BCUT2D eigenvalue weighted by molar-refractivity contribution is -0.143. The fourth-order valence-corrected chi connectivity index (χ4v) is 3.61. The zero-order valence-corrected chi connectivity index (χ0v) is 15.5. The molecule has 0 saturated carbocycles. The van der Waals surface area contributed by atoms with Crippen LogP contribution in [-0.2, 0) is 20.9 Å². The topological polar surface area (TPSA) is 92.0 Å². The van der Waals surface area contributed by atoms with E-state index in [1.54, 1.807) is 11.8 Å². The highest BCUT2D eigenvalue weighted by atomic mass is 16.5. The molecule has 144 valence electrons. The van der Waals surface area contributed by atoms with Crippen molar-refractivity contribution in [2.24, 2.45) is 5.92 Å². The molecule has 2 aliphatic rings. The largest absolute Gasteiger partial charge is 0.375 e. The van der Waals surface area contributed by atoms with E-state index in [1.165, 1.54) is 7.11 Å². The second kappa shape index (κ2) is 8.59. The van der Waals surface area contributed by atoms with Crippen molar-refractivity contribution in [3.63, 3.8) is 0 Å². The van der Waals surface area contributed by atoms with Crippen LogP contribution in [0.3, 0.4) is 0 Å². The summed E-state index contributed by atoms with van der Waals surface area (Å²) < 4.78 is 9.92. The van der Waals surface area contributed by atoms with Gasteiger partial charge in [-0.05, 0) is 12.8 Å². The van der Waals surface area contributed by atoms with Gasteiger partial charge >= 0.3 is 0 Å². The summed E-state index contributed by atoms with van der Waals surface area (Å²) in [6.07, 6.45) is 1.71. The van der Waals surface area contributed by atoms with E-state index in [4.69, 9.17) is 9.26 Å². The zero-order valence-electron chi connectivity index (χ0n) is 15.5. The predicted molar refractivity (Wildman–Crippen MR) is 92.1 cm³/mol. The van der Waals surface area contributed by atoms with Crippen molar-refractivity contribution >= 4 is 11.8 Å². The highest BCUT2D eigenvalue weighted by molar-refractivity contribution is 5.82.